The second kappa shape index (κ2) is 4.49. The Balaban J connectivity index is 2.73. The van der Waals surface area contributed by atoms with E-state index in [1.165, 1.54) is 0 Å². The van der Waals surface area contributed by atoms with Crippen molar-refractivity contribution >= 4 is 32.9 Å². The summed E-state index contributed by atoms with van der Waals surface area (Å²) < 4.78 is 2.63. The third kappa shape index (κ3) is 2.20. The van der Waals surface area contributed by atoms with Crippen molar-refractivity contribution in [3.8, 4) is 0 Å². The quantitative estimate of drug-likeness (QED) is 0.947. The first-order valence-corrected chi connectivity index (χ1v) is 6.16. The van der Waals surface area contributed by atoms with E-state index in [9.17, 15) is 4.79 Å². The predicted octanol–water partition coefficient (Wildman–Crippen LogP) is 3.01. The van der Waals surface area contributed by atoms with Gasteiger partial charge in [0.15, 0.2) is 0 Å². The minimum atomic E-state index is -0.859. The number of aromatic nitrogens is 2. The smallest absolute Gasteiger partial charge is 0.323 e. The van der Waals surface area contributed by atoms with Crippen molar-refractivity contribution in [2.75, 3.05) is 0 Å². The maximum atomic E-state index is 10.9. The molecule has 1 aromatic carbocycles. The fourth-order valence-corrected chi connectivity index (χ4v) is 2.47. The highest BCUT2D eigenvalue weighted by Crippen LogP contribution is 2.27. The molecule has 0 saturated carbocycles. The summed E-state index contributed by atoms with van der Waals surface area (Å²) in [5.74, 6) is 0.130. The van der Waals surface area contributed by atoms with Crippen LogP contribution in [-0.4, -0.2) is 20.6 Å². The summed E-state index contributed by atoms with van der Waals surface area (Å²) in [5.41, 5.74) is 1.67. The Labute approximate surface area is 107 Å². The Morgan fingerprint density at radius 1 is 1.53 bits per heavy atom. The van der Waals surface area contributed by atoms with E-state index in [-0.39, 0.29) is 12.5 Å². The fraction of sp³-hybridized carbons (Fsp3) is 0.333. The van der Waals surface area contributed by atoms with Crippen molar-refractivity contribution in [2.24, 2.45) is 0 Å². The highest BCUT2D eigenvalue weighted by molar-refractivity contribution is 9.10. The van der Waals surface area contributed by atoms with Crippen LogP contribution in [0.5, 0.6) is 0 Å². The Hall–Kier alpha value is -1.36. The number of para-hydroxylation sites is 1. The summed E-state index contributed by atoms with van der Waals surface area (Å²) in [7, 11) is 0. The van der Waals surface area contributed by atoms with Gasteiger partial charge in [0.05, 0.1) is 11.0 Å². The number of hydrogen-bond acceptors (Lipinski definition) is 2. The van der Waals surface area contributed by atoms with Gasteiger partial charge in [-0.3, -0.25) is 4.79 Å². The lowest BCUT2D eigenvalue weighted by Gasteiger charge is -2.09. The average molecular weight is 297 g/mol. The SMILES string of the molecule is CC(C)c1nc2cccc(Br)c2n1CC(=O)O. The van der Waals surface area contributed by atoms with E-state index in [1.807, 2.05) is 32.0 Å². The molecule has 0 atom stereocenters. The van der Waals surface area contributed by atoms with Crippen LogP contribution in [0.1, 0.15) is 25.6 Å². The molecule has 0 aliphatic heterocycles. The van der Waals surface area contributed by atoms with Crippen molar-refractivity contribution in [1.82, 2.24) is 9.55 Å². The number of fused-ring (bicyclic) bond motifs is 1. The molecule has 17 heavy (non-hydrogen) atoms. The summed E-state index contributed by atoms with van der Waals surface area (Å²) in [6.07, 6.45) is 0. The average Bonchev–Trinajstić information content (AvgIpc) is 2.57. The van der Waals surface area contributed by atoms with Crippen LogP contribution in [-0.2, 0) is 11.3 Å². The monoisotopic (exact) mass is 296 g/mol. The number of rotatable bonds is 3. The second-order valence-electron chi connectivity index (χ2n) is 4.21. The first-order valence-electron chi connectivity index (χ1n) is 5.37. The van der Waals surface area contributed by atoms with Gasteiger partial charge in [0.2, 0.25) is 0 Å². The lowest BCUT2D eigenvalue weighted by atomic mass is 10.2. The van der Waals surface area contributed by atoms with E-state index in [0.717, 1.165) is 21.3 Å². The van der Waals surface area contributed by atoms with Crippen molar-refractivity contribution in [2.45, 2.75) is 26.3 Å². The van der Waals surface area contributed by atoms with Gasteiger partial charge < -0.3 is 9.67 Å². The molecule has 2 rings (SSSR count). The molecule has 0 fully saturated rings. The zero-order chi connectivity index (χ0) is 12.6. The molecule has 1 N–H and O–H groups in total. The number of nitrogens with zero attached hydrogens (tertiary/aromatic N) is 2. The van der Waals surface area contributed by atoms with Crippen molar-refractivity contribution < 1.29 is 9.90 Å². The Morgan fingerprint density at radius 2 is 2.24 bits per heavy atom. The van der Waals surface area contributed by atoms with Gasteiger partial charge in [0.1, 0.15) is 12.4 Å². The van der Waals surface area contributed by atoms with Crippen molar-refractivity contribution in [3.05, 3.63) is 28.5 Å². The van der Waals surface area contributed by atoms with Gasteiger partial charge >= 0.3 is 5.97 Å². The van der Waals surface area contributed by atoms with Crippen molar-refractivity contribution in [1.29, 1.82) is 0 Å². The minimum absolute atomic E-state index is 0.0629. The summed E-state index contributed by atoms with van der Waals surface area (Å²) in [6.45, 7) is 3.95. The molecule has 0 amide bonds. The van der Waals surface area contributed by atoms with Gasteiger partial charge in [0.25, 0.3) is 0 Å². The number of halogens is 1. The zero-order valence-electron chi connectivity index (χ0n) is 9.64. The molecule has 1 aromatic heterocycles. The molecule has 0 aliphatic rings. The van der Waals surface area contributed by atoms with Crippen LogP contribution in [0.4, 0.5) is 0 Å². The summed E-state index contributed by atoms with van der Waals surface area (Å²) >= 11 is 3.45. The number of carboxylic acid groups (broad SMARTS) is 1. The van der Waals surface area contributed by atoms with E-state index < -0.39 is 5.97 Å². The molecule has 0 spiro atoms. The minimum Gasteiger partial charge on any atom is -0.480 e. The lowest BCUT2D eigenvalue weighted by molar-refractivity contribution is -0.137. The highest BCUT2D eigenvalue weighted by Gasteiger charge is 2.17. The van der Waals surface area contributed by atoms with Crippen LogP contribution in [0.2, 0.25) is 0 Å². The van der Waals surface area contributed by atoms with Gasteiger partial charge in [-0.25, -0.2) is 4.98 Å². The molecule has 0 radical (unpaired) electrons. The van der Waals surface area contributed by atoms with Crippen LogP contribution in [0.3, 0.4) is 0 Å². The number of imidazole rings is 1. The molecule has 0 unspecified atom stereocenters. The Kier molecular flexibility index (Phi) is 3.19. The molecule has 1 heterocycles. The fourth-order valence-electron chi connectivity index (χ4n) is 1.90. The molecule has 0 saturated heterocycles. The van der Waals surface area contributed by atoms with Crippen LogP contribution in [0.15, 0.2) is 22.7 Å². The second-order valence-corrected chi connectivity index (χ2v) is 5.07. The van der Waals surface area contributed by atoms with Gasteiger partial charge in [0, 0.05) is 10.4 Å². The highest BCUT2D eigenvalue weighted by atomic mass is 79.9. The summed E-state index contributed by atoms with van der Waals surface area (Å²) in [6, 6.07) is 5.69. The van der Waals surface area contributed by atoms with Crippen LogP contribution >= 0.6 is 15.9 Å². The molecular weight excluding hydrogens is 284 g/mol. The number of carboxylic acids is 1. The molecule has 0 aliphatic carbocycles. The topological polar surface area (TPSA) is 55.1 Å². The Bertz CT molecular complexity index is 575. The van der Waals surface area contributed by atoms with Crippen LogP contribution in [0.25, 0.3) is 11.0 Å². The van der Waals surface area contributed by atoms with Gasteiger partial charge in [-0.1, -0.05) is 19.9 Å². The van der Waals surface area contributed by atoms with E-state index in [1.54, 1.807) is 4.57 Å². The zero-order valence-corrected chi connectivity index (χ0v) is 11.2. The molecule has 0 bridgehead atoms. The lowest BCUT2D eigenvalue weighted by Crippen LogP contribution is -2.12. The normalized spacial score (nSPS) is 11.3. The number of benzene rings is 1. The first-order chi connectivity index (χ1) is 8.00. The van der Waals surface area contributed by atoms with Gasteiger partial charge in [-0.2, -0.15) is 0 Å². The third-order valence-electron chi connectivity index (χ3n) is 2.56. The third-order valence-corrected chi connectivity index (χ3v) is 3.20. The number of hydrogen-bond donors (Lipinski definition) is 1. The van der Waals surface area contributed by atoms with Gasteiger partial charge in [-0.15, -0.1) is 0 Å². The van der Waals surface area contributed by atoms with E-state index in [4.69, 9.17) is 5.11 Å². The first kappa shape index (κ1) is 12.1. The maximum Gasteiger partial charge on any atom is 0.323 e. The Morgan fingerprint density at radius 3 is 2.82 bits per heavy atom. The maximum absolute atomic E-state index is 10.9. The number of aliphatic carboxylic acids is 1. The van der Waals surface area contributed by atoms with Crippen molar-refractivity contribution in [3.63, 3.8) is 0 Å². The molecule has 5 heteroatoms. The summed E-state index contributed by atoms with van der Waals surface area (Å²) in [5, 5.41) is 8.98. The molecular formula is C12H13BrN2O2. The van der Waals surface area contributed by atoms with E-state index in [2.05, 4.69) is 20.9 Å². The van der Waals surface area contributed by atoms with E-state index in [0.29, 0.717) is 0 Å². The summed E-state index contributed by atoms with van der Waals surface area (Å²) in [4.78, 5) is 15.4. The standard InChI is InChI=1S/C12H13BrN2O2/c1-7(2)12-14-9-5-3-4-8(13)11(9)15(12)6-10(16)17/h3-5,7H,6H2,1-2H3,(H,16,17). The molecule has 4 nitrogen and oxygen atoms in total. The van der Waals surface area contributed by atoms with Crippen LogP contribution < -0.4 is 0 Å². The number of carbonyl (C=O) groups is 1. The van der Waals surface area contributed by atoms with Gasteiger partial charge in [-0.05, 0) is 28.1 Å². The van der Waals surface area contributed by atoms with E-state index >= 15 is 0 Å². The predicted molar refractivity (Wildman–Crippen MR) is 69.2 cm³/mol. The largest absolute Gasteiger partial charge is 0.480 e. The van der Waals surface area contributed by atoms with Crippen LogP contribution in [0, 0.1) is 0 Å². The molecule has 90 valence electrons. The molecule has 2 aromatic rings.